The van der Waals surface area contributed by atoms with Crippen molar-refractivity contribution in [3.8, 4) is 0 Å². The van der Waals surface area contributed by atoms with Gasteiger partial charge in [-0.3, -0.25) is 4.90 Å². The molecule has 1 aromatic heterocycles. The first kappa shape index (κ1) is 19.7. The summed E-state index contributed by atoms with van der Waals surface area (Å²) in [6.45, 7) is 4.65. The summed E-state index contributed by atoms with van der Waals surface area (Å²) < 4.78 is 48.8. The normalized spacial score (nSPS) is 26.7. The van der Waals surface area contributed by atoms with E-state index >= 15 is 0 Å². The summed E-state index contributed by atoms with van der Waals surface area (Å²) in [6, 6.07) is 4.58. The minimum atomic E-state index is -5.08. The lowest BCUT2D eigenvalue weighted by Crippen LogP contribution is -2.51. The minimum Gasteiger partial charge on any atom is -0.475 e. The van der Waals surface area contributed by atoms with Crippen LogP contribution in [0.1, 0.15) is 24.4 Å². The molecule has 2 heterocycles. The van der Waals surface area contributed by atoms with Gasteiger partial charge in [-0.05, 0) is 31.9 Å². The van der Waals surface area contributed by atoms with Crippen molar-refractivity contribution in [1.29, 1.82) is 0 Å². The summed E-state index contributed by atoms with van der Waals surface area (Å²) in [5.74, 6) is -0.725. The van der Waals surface area contributed by atoms with E-state index < -0.39 is 12.1 Å². The highest BCUT2D eigenvalue weighted by molar-refractivity contribution is 5.73. The highest BCUT2D eigenvalue weighted by atomic mass is 19.4. The Kier molecular flexibility index (Phi) is 6.47. The average Bonchev–Trinajstić information content (AvgIpc) is 3.13. The Morgan fingerprint density at radius 3 is 2.60 bits per heavy atom. The van der Waals surface area contributed by atoms with Gasteiger partial charge in [-0.1, -0.05) is 0 Å². The minimum absolute atomic E-state index is 0.236. The third-order valence-electron chi connectivity index (χ3n) is 4.35. The number of methoxy groups -OCH3 is 1. The number of aryl methyl sites for hydroxylation is 1. The molecule has 0 amide bonds. The molecule has 25 heavy (non-hydrogen) atoms. The van der Waals surface area contributed by atoms with Crippen molar-refractivity contribution < 1.29 is 37.0 Å². The van der Waals surface area contributed by atoms with E-state index in [0.717, 1.165) is 44.1 Å². The quantitative estimate of drug-likeness (QED) is 0.888. The number of carboxylic acid groups (broad SMARTS) is 1. The first-order valence-electron chi connectivity index (χ1n) is 7.96. The highest BCUT2D eigenvalue weighted by Crippen LogP contribution is 2.32. The van der Waals surface area contributed by atoms with E-state index in [1.807, 2.05) is 13.0 Å². The Morgan fingerprint density at radius 1 is 1.40 bits per heavy atom. The summed E-state index contributed by atoms with van der Waals surface area (Å²) in [5.41, 5.74) is 0. The van der Waals surface area contributed by atoms with E-state index in [1.54, 1.807) is 7.11 Å². The average molecular weight is 365 g/mol. The van der Waals surface area contributed by atoms with Crippen LogP contribution in [0.5, 0.6) is 0 Å². The molecule has 0 radical (unpaired) electrons. The maximum atomic E-state index is 10.6. The second-order valence-corrected chi connectivity index (χ2v) is 6.04. The van der Waals surface area contributed by atoms with Crippen molar-refractivity contribution in [2.75, 3.05) is 20.3 Å². The summed E-state index contributed by atoms with van der Waals surface area (Å²) in [4.78, 5) is 11.4. The van der Waals surface area contributed by atoms with E-state index in [2.05, 4.69) is 11.0 Å². The molecule has 142 valence electrons. The fourth-order valence-electron chi connectivity index (χ4n) is 3.21. The van der Waals surface area contributed by atoms with Crippen molar-refractivity contribution in [2.45, 2.75) is 50.7 Å². The second kappa shape index (κ2) is 8.20. The second-order valence-electron chi connectivity index (χ2n) is 6.04. The molecule has 1 aliphatic heterocycles. The molecule has 3 atom stereocenters. The molecule has 0 aromatic carbocycles. The summed E-state index contributed by atoms with van der Waals surface area (Å²) in [6.07, 6.45) is -2.33. The van der Waals surface area contributed by atoms with E-state index in [0.29, 0.717) is 6.04 Å². The maximum Gasteiger partial charge on any atom is 0.490 e. The molecule has 2 aliphatic rings. The van der Waals surface area contributed by atoms with Gasteiger partial charge in [-0.15, -0.1) is 0 Å². The maximum absolute atomic E-state index is 10.6. The molecule has 1 aromatic rings. The van der Waals surface area contributed by atoms with Gasteiger partial charge in [0.05, 0.1) is 25.4 Å². The van der Waals surface area contributed by atoms with Gasteiger partial charge in [-0.2, -0.15) is 13.2 Å². The van der Waals surface area contributed by atoms with Gasteiger partial charge in [0.25, 0.3) is 0 Å². The number of aliphatic carboxylic acids is 1. The van der Waals surface area contributed by atoms with Crippen LogP contribution in [0.4, 0.5) is 13.2 Å². The molecule has 0 bridgehead atoms. The molecule has 1 saturated heterocycles. The predicted molar refractivity (Wildman–Crippen MR) is 81.1 cm³/mol. The number of rotatable bonds is 3. The van der Waals surface area contributed by atoms with E-state index in [9.17, 15) is 13.2 Å². The van der Waals surface area contributed by atoms with E-state index in [1.165, 1.54) is 0 Å². The van der Waals surface area contributed by atoms with Gasteiger partial charge in [0.1, 0.15) is 11.5 Å². The lowest BCUT2D eigenvalue weighted by molar-refractivity contribution is -0.192. The number of ether oxygens (including phenoxy) is 2. The smallest absolute Gasteiger partial charge is 0.475 e. The number of hydrogen-bond donors (Lipinski definition) is 1. The van der Waals surface area contributed by atoms with Crippen LogP contribution in [-0.2, 0) is 20.8 Å². The number of carboxylic acids is 1. The van der Waals surface area contributed by atoms with Crippen LogP contribution in [-0.4, -0.2) is 60.7 Å². The molecule has 2 fully saturated rings. The Morgan fingerprint density at radius 2 is 2.08 bits per heavy atom. The summed E-state index contributed by atoms with van der Waals surface area (Å²) in [5, 5.41) is 7.12. The van der Waals surface area contributed by atoms with Crippen molar-refractivity contribution in [1.82, 2.24) is 4.90 Å². The number of hydrogen-bond acceptors (Lipinski definition) is 5. The number of halogens is 3. The topological polar surface area (TPSA) is 72.1 Å². The number of fused-ring (bicyclic) bond motifs is 1. The van der Waals surface area contributed by atoms with Gasteiger partial charge >= 0.3 is 12.1 Å². The van der Waals surface area contributed by atoms with Gasteiger partial charge < -0.3 is 19.0 Å². The fraction of sp³-hybridized carbons (Fsp3) is 0.688. The van der Waals surface area contributed by atoms with Crippen molar-refractivity contribution >= 4 is 5.97 Å². The number of furan rings is 1. The van der Waals surface area contributed by atoms with Crippen molar-refractivity contribution in [3.05, 3.63) is 23.7 Å². The lowest BCUT2D eigenvalue weighted by atomic mass is 10.1. The molecular weight excluding hydrogens is 343 g/mol. The number of nitrogens with zero attached hydrogens (tertiary/aromatic N) is 1. The van der Waals surface area contributed by atoms with Crippen molar-refractivity contribution in [3.63, 3.8) is 0 Å². The third kappa shape index (κ3) is 5.20. The molecule has 1 saturated carbocycles. The molecule has 9 heteroatoms. The summed E-state index contributed by atoms with van der Waals surface area (Å²) >= 11 is 0. The molecule has 0 spiro atoms. The van der Waals surface area contributed by atoms with Crippen LogP contribution in [0, 0.1) is 6.92 Å². The number of alkyl halides is 3. The first-order valence-corrected chi connectivity index (χ1v) is 7.96. The molecular formula is C16H22F3NO5. The molecule has 0 unspecified atom stereocenters. The van der Waals surface area contributed by atoms with Gasteiger partial charge in [0, 0.05) is 19.7 Å². The fourth-order valence-corrected chi connectivity index (χ4v) is 3.21. The number of carbonyl (C=O) groups is 1. The summed E-state index contributed by atoms with van der Waals surface area (Å²) in [7, 11) is 1.78. The Hall–Kier alpha value is -1.58. The predicted octanol–water partition coefficient (Wildman–Crippen LogP) is 2.60. The zero-order valence-electron chi connectivity index (χ0n) is 14.1. The van der Waals surface area contributed by atoms with Crippen LogP contribution < -0.4 is 0 Å². The van der Waals surface area contributed by atoms with Gasteiger partial charge in [0.15, 0.2) is 0 Å². The zero-order valence-corrected chi connectivity index (χ0v) is 14.1. The van der Waals surface area contributed by atoms with Gasteiger partial charge in [0.2, 0.25) is 0 Å². The molecule has 3 rings (SSSR count). The molecule has 1 N–H and O–H groups in total. The SMILES string of the molecule is CO[C@@H]1CC[C@H]2[C@H]1OCCN2Cc1ccc(C)o1.O=C(O)C(F)(F)F. The van der Waals surface area contributed by atoms with E-state index in [4.69, 9.17) is 23.8 Å². The van der Waals surface area contributed by atoms with Crippen LogP contribution in [0.15, 0.2) is 16.5 Å². The Balaban J connectivity index is 0.000000277. The molecule has 1 aliphatic carbocycles. The monoisotopic (exact) mass is 365 g/mol. The van der Waals surface area contributed by atoms with Crippen LogP contribution in [0.2, 0.25) is 0 Å². The largest absolute Gasteiger partial charge is 0.490 e. The molecule has 6 nitrogen and oxygen atoms in total. The van der Waals surface area contributed by atoms with Gasteiger partial charge in [-0.25, -0.2) is 4.79 Å². The van der Waals surface area contributed by atoms with E-state index in [-0.39, 0.29) is 12.2 Å². The standard InChI is InChI=1S/C14H21NO3.C2HF3O2/c1-10-3-4-11(18-10)9-15-7-8-17-14-12(15)5-6-13(14)16-2;3-2(4,5)1(6)7/h3-4,12-14H,5-9H2,1-2H3;(H,6,7)/t12-,13+,14+;/m0./s1. The van der Waals surface area contributed by atoms with Crippen LogP contribution >= 0.6 is 0 Å². The zero-order chi connectivity index (χ0) is 18.6. The Labute approximate surface area is 143 Å². The third-order valence-corrected chi connectivity index (χ3v) is 4.35. The van der Waals surface area contributed by atoms with Crippen LogP contribution in [0.3, 0.4) is 0 Å². The van der Waals surface area contributed by atoms with Crippen molar-refractivity contribution in [2.24, 2.45) is 0 Å². The Bertz CT molecular complexity index is 574. The van der Waals surface area contributed by atoms with Crippen LogP contribution in [0.25, 0.3) is 0 Å². The number of morpholine rings is 1. The lowest BCUT2D eigenvalue weighted by Gasteiger charge is -2.38. The highest BCUT2D eigenvalue weighted by Gasteiger charge is 2.43. The first-order chi connectivity index (χ1) is 11.7.